The van der Waals surface area contributed by atoms with Crippen LogP contribution in [0.25, 0.3) is 0 Å². The van der Waals surface area contributed by atoms with E-state index in [0.29, 0.717) is 36.8 Å². The summed E-state index contributed by atoms with van der Waals surface area (Å²) in [6, 6.07) is 4.96. The average molecular weight is 486 g/mol. The van der Waals surface area contributed by atoms with Crippen LogP contribution in [0.1, 0.15) is 23.2 Å². The van der Waals surface area contributed by atoms with Gasteiger partial charge in [-0.05, 0) is 30.7 Å². The number of nitrogens with two attached hydrogens (primary N) is 1. The van der Waals surface area contributed by atoms with Crippen molar-refractivity contribution in [2.75, 3.05) is 40.9 Å². The number of nitrogens with one attached hydrogen (secondary N) is 4. The van der Waals surface area contributed by atoms with Crippen molar-refractivity contribution in [3.8, 4) is 0 Å². The molecular formula is C22H27N7O6. The lowest BCUT2D eigenvalue weighted by molar-refractivity contribution is -0.140. The second-order valence-corrected chi connectivity index (χ2v) is 7.88. The molecule has 186 valence electrons. The Kier molecular flexibility index (Phi) is 7.92. The van der Waals surface area contributed by atoms with Crippen LogP contribution in [0.5, 0.6) is 0 Å². The van der Waals surface area contributed by atoms with Crippen molar-refractivity contribution in [1.29, 1.82) is 0 Å². The van der Waals surface area contributed by atoms with E-state index >= 15 is 0 Å². The molecule has 35 heavy (non-hydrogen) atoms. The summed E-state index contributed by atoms with van der Waals surface area (Å²) in [5, 5.41) is 26.7. The highest BCUT2D eigenvalue weighted by atomic mass is 16.4. The molecule has 1 aliphatic rings. The lowest BCUT2D eigenvalue weighted by atomic mass is 10.1. The van der Waals surface area contributed by atoms with E-state index in [9.17, 15) is 24.3 Å². The van der Waals surface area contributed by atoms with Gasteiger partial charge in [-0.25, -0.2) is 4.79 Å². The lowest BCUT2D eigenvalue weighted by Crippen LogP contribution is -2.50. The van der Waals surface area contributed by atoms with E-state index in [-0.39, 0.29) is 36.0 Å². The summed E-state index contributed by atoms with van der Waals surface area (Å²) in [5.74, 6) is -2.64. The van der Waals surface area contributed by atoms with Crippen LogP contribution < -0.4 is 32.1 Å². The maximum absolute atomic E-state index is 12.5. The van der Waals surface area contributed by atoms with E-state index in [0.717, 1.165) is 0 Å². The highest BCUT2D eigenvalue weighted by molar-refractivity contribution is 5.97. The number of aromatic amines is 1. The monoisotopic (exact) mass is 485 g/mol. The maximum Gasteiger partial charge on any atom is 0.326 e. The van der Waals surface area contributed by atoms with E-state index < -0.39 is 23.9 Å². The van der Waals surface area contributed by atoms with E-state index in [1.54, 1.807) is 18.2 Å². The Morgan fingerprint density at radius 2 is 2.00 bits per heavy atom. The number of aromatic nitrogens is 2. The summed E-state index contributed by atoms with van der Waals surface area (Å²) >= 11 is 0. The minimum Gasteiger partial charge on any atom is -0.481 e. The van der Waals surface area contributed by atoms with Crippen LogP contribution in [-0.2, 0) is 9.59 Å². The number of carboxylic acid groups (broad SMARTS) is 2. The number of amides is 1. The smallest absolute Gasteiger partial charge is 0.326 e. The van der Waals surface area contributed by atoms with Crippen molar-refractivity contribution >= 4 is 41.0 Å². The molecule has 1 amide bonds. The van der Waals surface area contributed by atoms with Crippen LogP contribution >= 0.6 is 0 Å². The Labute approximate surface area is 200 Å². The number of carbonyl (C=O) groups is 3. The second-order valence-electron chi connectivity index (χ2n) is 7.88. The standard InChI is InChI=1S/C22H27N7O6/c1-2-9-29-14(11-25-18-17(29)20(33)28-22(23)27-18)10-24-13-5-3-12(4-6-13)19(32)26-15(21(34)35)7-8-16(30)31/h2-6,14-15,24H,1,7-11H2,(H,26,32)(H,30,31)(H,34,35)(H4,23,25,27,28,33). The first kappa shape index (κ1) is 25.1. The van der Waals surface area contributed by atoms with Crippen molar-refractivity contribution in [3.63, 3.8) is 0 Å². The number of rotatable bonds is 11. The van der Waals surface area contributed by atoms with Gasteiger partial charge in [0.05, 0.1) is 6.04 Å². The molecule has 0 saturated heterocycles. The Bertz CT molecular complexity index is 1160. The average Bonchev–Trinajstić information content (AvgIpc) is 2.80. The topological polar surface area (TPSA) is 203 Å². The van der Waals surface area contributed by atoms with E-state index in [4.69, 9.17) is 10.8 Å². The Hall–Kier alpha value is -4.55. The van der Waals surface area contributed by atoms with Crippen molar-refractivity contribution in [2.45, 2.75) is 24.9 Å². The minimum atomic E-state index is -1.30. The summed E-state index contributed by atoms with van der Waals surface area (Å²) in [5.41, 5.74) is 6.59. The summed E-state index contributed by atoms with van der Waals surface area (Å²) < 4.78 is 0. The molecule has 2 unspecified atom stereocenters. The lowest BCUT2D eigenvalue weighted by Gasteiger charge is -2.37. The van der Waals surface area contributed by atoms with E-state index in [1.807, 2.05) is 4.90 Å². The third kappa shape index (κ3) is 6.28. The summed E-state index contributed by atoms with van der Waals surface area (Å²) in [7, 11) is 0. The molecule has 2 aromatic rings. The van der Waals surface area contributed by atoms with Crippen molar-refractivity contribution in [3.05, 3.63) is 52.8 Å². The minimum absolute atomic E-state index is 0.0251. The molecule has 0 radical (unpaired) electrons. The predicted molar refractivity (Wildman–Crippen MR) is 130 cm³/mol. The summed E-state index contributed by atoms with van der Waals surface area (Å²) in [6.45, 7) is 5.13. The van der Waals surface area contributed by atoms with Gasteiger partial charge in [0.15, 0.2) is 5.82 Å². The maximum atomic E-state index is 12.5. The van der Waals surface area contributed by atoms with Crippen LogP contribution in [0.2, 0.25) is 0 Å². The summed E-state index contributed by atoms with van der Waals surface area (Å²) in [4.78, 5) is 55.4. The van der Waals surface area contributed by atoms with Crippen LogP contribution in [0.15, 0.2) is 41.7 Å². The molecule has 8 N–H and O–H groups in total. The fourth-order valence-corrected chi connectivity index (χ4v) is 3.69. The molecule has 1 aliphatic heterocycles. The molecule has 1 aromatic carbocycles. The number of anilines is 4. The molecular weight excluding hydrogens is 458 g/mol. The first-order valence-corrected chi connectivity index (χ1v) is 10.8. The fourth-order valence-electron chi connectivity index (χ4n) is 3.69. The van der Waals surface area contributed by atoms with E-state index in [1.165, 1.54) is 12.1 Å². The molecule has 13 heteroatoms. The zero-order valence-electron chi connectivity index (χ0n) is 18.8. The molecule has 2 atom stereocenters. The van der Waals surface area contributed by atoms with Crippen molar-refractivity contribution < 1.29 is 24.6 Å². The zero-order chi connectivity index (χ0) is 25.5. The van der Waals surface area contributed by atoms with Gasteiger partial charge in [-0.1, -0.05) is 6.08 Å². The van der Waals surface area contributed by atoms with Gasteiger partial charge >= 0.3 is 11.9 Å². The Balaban J connectivity index is 1.64. The normalized spacial score (nSPS) is 15.3. The highest BCUT2D eigenvalue weighted by Crippen LogP contribution is 2.26. The number of H-pyrrole nitrogens is 1. The Morgan fingerprint density at radius 1 is 1.29 bits per heavy atom. The third-order valence-corrected chi connectivity index (χ3v) is 5.41. The number of carboxylic acids is 2. The van der Waals surface area contributed by atoms with E-state index in [2.05, 4.69) is 32.5 Å². The first-order chi connectivity index (χ1) is 16.7. The predicted octanol–water partition coefficient (Wildman–Crippen LogP) is 0.299. The van der Waals surface area contributed by atoms with Gasteiger partial charge in [-0.2, -0.15) is 4.98 Å². The molecule has 13 nitrogen and oxygen atoms in total. The number of hydrogen-bond donors (Lipinski definition) is 7. The van der Waals surface area contributed by atoms with Crippen molar-refractivity contribution in [1.82, 2.24) is 15.3 Å². The molecule has 0 aliphatic carbocycles. The zero-order valence-corrected chi connectivity index (χ0v) is 18.8. The number of carbonyl (C=O) groups excluding carboxylic acids is 1. The summed E-state index contributed by atoms with van der Waals surface area (Å²) in [6.07, 6.45) is 1.09. The van der Waals surface area contributed by atoms with Gasteiger partial charge in [-0.15, -0.1) is 6.58 Å². The number of hydrogen-bond acceptors (Lipinski definition) is 9. The first-order valence-electron chi connectivity index (χ1n) is 10.8. The molecule has 2 heterocycles. The number of fused-ring (bicyclic) bond motifs is 1. The fraction of sp³-hybridized carbons (Fsp3) is 0.318. The van der Waals surface area contributed by atoms with Gasteiger partial charge in [0, 0.05) is 37.3 Å². The van der Waals surface area contributed by atoms with Crippen LogP contribution in [-0.4, -0.2) is 69.7 Å². The third-order valence-electron chi connectivity index (χ3n) is 5.41. The Morgan fingerprint density at radius 3 is 2.63 bits per heavy atom. The molecule has 3 rings (SSSR count). The van der Waals surface area contributed by atoms with Gasteiger partial charge in [0.25, 0.3) is 11.5 Å². The number of nitrogen functional groups attached to an aromatic ring is 1. The SMILES string of the molecule is C=CCN1c2c(nc(N)[nH]c2=O)NCC1CNc1ccc(C(=O)NC(CCC(=O)O)C(=O)O)cc1. The highest BCUT2D eigenvalue weighted by Gasteiger charge is 2.29. The van der Waals surface area contributed by atoms with Crippen LogP contribution in [0.4, 0.5) is 23.1 Å². The van der Waals surface area contributed by atoms with Crippen molar-refractivity contribution in [2.24, 2.45) is 0 Å². The largest absolute Gasteiger partial charge is 0.481 e. The number of aliphatic carboxylic acids is 2. The molecule has 0 bridgehead atoms. The van der Waals surface area contributed by atoms with Gasteiger partial charge in [0.2, 0.25) is 5.95 Å². The van der Waals surface area contributed by atoms with Gasteiger partial charge < -0.3 is 36.8 Å². The van der Waals surface area contributed by atoms with Gasteiger partial charge in [0.1, 0.15) is 11.7 Å². The molecule has 0 saturated carbocycles. The van der Waals surface area contributed by atoms with Gasteiger partial charge in [-0.3, -0.25) is 19.4 Å². The molecule has 0 spiro atoms. The van der Waals surface area contributed by atoms with Crippen LogP contribution in [0.3, 0.4) is 0 Å². The second kappa shape index (κ2) is 11.0. The number of benzene rings is 1. The van der Waals surface area contributed by atoms with Crippen LogP contribution in [0, 0.1) is 0 Å². The quantitative estimate of drug-likeness (QED) is 0.216. The number of nitrogens with zero attached hydrogens (tertiary/aromatic N) is 2. The molecule has 1 aromatic heterocycles. The molecule has 0 fully saturated rings.